The topological polar surface area (TPSA) is 92.8 Å². The molecule has 1 aromatic carbocycles. The molecule has 0 bridgehead atoms. The Labute approximate surface area is 160 Å². The number of benzene rings is 1. The van der Waals surface area contributed by atoms with Crippen LogP contribution in [0.4, 0.5) is 0 Å². The third-order valence-corrected chi connectivity index (χ3v) is 7.00. The number of sulfonamides is 1. The molecule has 3 rings (SSSR count). The minimum atomic E-state index is -3.67. The van der Waals surface area contributed by atoms with Gasteiger partial charge in [-0.2, -0.15) is 4.31 Å². The van der Waals surface area contributed by atoms with E-state index >= 15 is 0 Å². The van der Waals surface area contributed by atoms with Crippen molar-refractivity contribution in [2.75, 3.05) is 6.54 Å². The highest BCUT2D eigenvalue weighted by Crippen LogP contribution is 2.26. The Balaban J connectivity index is 1.72. The number of nitrogens with one attached hydrogen (secondary N) is 1. The lowest BCUT2D eigenvalue weighted by Gasteiger charge is -2.32. The van der Waals surface area contributed by atoms with Crippen molar-refractivity contribution in [1.29, 1.82) is 0 Å². The standard InChI is InChI=1S/C19H26N2O5S/c1-13-6-3-4-11-21(13)27(24,25)17-8-5-7-15(12-17)19(23)26-14(2)18(22)20-16-9-10-16/h5,7-8,12-14,16H,3-4,6,9-11H2,1-2H3,(H,20,22)/t13-,14+/m1/s1. The molecule has 8 heteroatoms. The monoisotopic (exact) mass is 394 g/mol. The molecular formula is C19H26N2O5S. The first-order chi connectivity index (χ1) is 12.8. The van der Waals surface area contributed by atoms with Crippen LogP contribution in [0.15, 0.2) is 29.2 Å². The van der Waals surface area contributed by atoms with Crippen LogP contribution in [-0.4, -0.2) is 49.3 Å². The third-order valence-electron chi connectivity index (χ3n) is 5.00. The van der Waals surface area contributed by atoms with Gasteiger partial charge in [-0.15, -0.1) is 0 Å². The maximum atomic E-state index is 12.9. The quantitative estimate of drug-likeness (QED) is 0.746. The number of amides is 1. The largest absolute Gasteiger partial charge is 0.449 e. The van der Waals surface area contributed by atoms with Crippen LogP contribution in [0.1, 0.15) is 56.3 Å². The van der Waals surface area contributed by atoms with E-state index in [1.807, 2.05) is 6.92 Å². The van der Waals surface area contributed by atoms with E-state index in [4.69, 9.17) is 4.74 Å². The molecule has 1 aliphatic carbocycles. The zero-order chi connectivity index (χ0) is 19.6. The molecule has 1 N–H and O–H groups in total. The van der Waals surface area contributed by atoms with Crippen molar-refractivity contribution in [2.24, 2.45) is 0 Å². The lowest BCUT2D eigenvalue weighted by Crippen LogP contribution is -2.42. The van der Waals surface area contributed by atoms with E-state index < -0.39 is 22.1 Å². The fourth-order valence-corrected chi connectivity index (χ4v) is 4.92. The van der Waals surface area contributed by atoms with Crippen LogP contribution in [0.25, 0.3) is 0 Å². The molecule has 1 heterocycles. The molecule has 0 unspecified atom stereocenters. The van der Waals surface area contributed by atoms with Gasteiger partial charge in [-0.05, 0) is 57.7 Å². The van der Waals surface area contributed by atoms with Crippen molar-refractivity contribution in [3.8, 4) is 0 Å². The second-order valence-electron chi connectivity index (χ2n) is 7.32. The lowest BCUT2D eigenvalue weighted by atomic mass is 10.1. The number of carbonyl (C=O) groups excluding carboxylic acids is 2. The van der Waals surface area contributed by atoms with Crippen LogP contribution in [0.5, 0.6) is 0 Å². The van der Waals surface area contributed by atoms with Crippen LogP contribution in [-0.2, 0) is 19.6 Å². The Morgan fingerprint density at radius 3 is 2.63 bits per heavy atom. The van der Waals surface area contributed by atoms with Gasteiger partial charge in [0.25, 0.3) is 5.91 Å². The number of rotatable bonds is 6. The molecule has 2 aliphatic rings. The van der Waals surface area contributed by atoms with Gasteiger partial charge >= 0.3 is 5.97 Å². The summed E-state index contributed by atoms with van der Waals surface area (Å²) in [6.07, 6.45) is 3.64. The molecule has 1 aliphatic heterocycles. The molecular weight excluding hydrogens is 368 g/mol. The second-order valence-corrected chi connectivity index (χ2v) is 9.21. The fraction of sp³-hybridized carbons (Fsp3) is 0.579. The Kier molecular flexibility index (Phi) is 5.86. The number of hydrogen-bond acceptors (Lipinski definition) is 5. The van der Waals surface area contributed by atoms with Crippen LogP contribution >= 0.6 is 0 Å². The summed E-state index contributed by atoms with van der Waals surface area (Å²) >= 11 is 0. The van der Waals surface area contributed by atoms with Crippen molar-refractivity contribution in [3.63, 3.8) is 0 Å². The minimum Gasteiger partial charge on any atom is -0.449 e. The summed E-state index contributed by atoms with van der Waals surface area (Å²) in [4.78, 5) is 24.4. The van der Waals surface area contributed by atoms with Crippen LogP contribution in [0, 0.1) is 0 Å². The van der Waals surface area contributed by atoms with Gasteiger partial charge in [0.05, 0.1) is 10.5 Å². The van der Waals surface area contributed by atoms with Gasteiger partial charge in [0.1, 0.15) is 0 Å². The average molecular weight is 394 g/mol. The average Bonchev–Trinajstić information content (AvgIpc) is 3.46. The number of carbonyl (C=O) groups is 2. The van der Waals surface area contributed by atoms with E-state index in [1.165, 1.54) is 35.5 Å². The third kappa shape index (κ3) is 4.68. The summed E-state index contributed by atoms with van der Waals surface area (Å²) < 4.78 is 32.6. The van der Waals surface area contributed by atoms with Gasteiger partial charge in [0, 0.05) is 18.6 Å². The van der Waals surface area contributed by atoms with Gasteiger partial charge < -0.3 is 10.1 Å². The van der Waals surface area contributed by atoms with E-state index in [-0.39, 0.29) is 28.4 Å². The smallest absolute Gasteiger partial charge is 0.338 e. The summed E-state index contributed by atoms with van der Waals surface area (Å²) in [5, 5.41) is 2.78. The summed E-state index contributed by atoms with van der Waals surface area (Å²) in [6, 6.07) is 5.94. The molecule has 1 saturated carbocycles. The normalized spacial score (nSPS) is 22.1. The Morgan fingerprint density at radius 1 is 1.22 bits per heavy atom. The first kappa shape index (κ1) is 19.8. The minimum absolute atomic E-state index is 0.0644. The van der Waals surface area contributed by atoms with Crippen molar-refractivity contribution in [3.05, 3.63) is 29.8 Å². The van der Waals surface area contributed by atoms with E-state index in [1.54, 1.807) is 0 Å². The summed E-state index contributed by atoms with van der Waals surface area (Å²) in [7, 11) is -3.67. The van der Waals surface area contributed by atoms with Crippen molar-refractivity contribution < 1.29 is 22.7 Å². The predicted molar refractivity (Wildman–Crippen MR) is 99.7 cm³/mol. The lowest BCUT2D eigenvalue weighted by molar-refractivity contribution is -0.129. The molecule has 148 valence electrons. The van der Waals surface area contributed by atoms with Gasteiger partial charge in [-0.3, -0.25) is 4.79 Å². The van der Waals surface area contributed by atoms with E-state index in [0.29, 0.717) is 6.54 Å². The highest BCUT2D eigenvalue weighted by atomic mass is 32.2. The van der Waals surface area contributed by atoms with E-state index in [0.717, 1.165) is 32.1 Å². The Bertz CT molecular complexity index is 819. The van der Waals surface area contributed by atoms with E-state index in [9.17, 15) is 18.0 Å². The second kappa shape index (κ2) is 7.98. The molecule has 0 radical (unpaired) electrons. The van der Waals surface area contributed by atoms with Gasteiger partial charge in [0.2, 0.25) is 10.0 Å². The first-order valence-electron chi connectivity index (χ1n) is 9.42. The number of esters is 1. The number of nitrogens with zero attached hydrogens (tertiary/aromatic N) is 1. The van der Waals surface area contributed by atoms with Crippen LogP contribution in [0.3, 0.4) is 0 Å². The molecule has 1 aromatic rings. The number of hydrogen-bond donors (Lipinski definition) is 1. The van der Waals surface area contributed by atoms with Gasteiger partial charge in [-0.1, -0.05) is 12.5 Å². The Hall–Kier alpha value is -1.93. The van der Waals surface area contributed by atoms with E-state index in [2.05, 4.69) is 5.32 Å². The molecule has 2 fully saturated rings. The van der Waals surface area contributed by atoms with Crippen LogP contribution < -0.4 is 5.32 Å². The van der Waals surface area contributed by atoms with Crippen LogP contribution in [0.2, 0.25) is 0 Å². The summed E-state index contributed by atoms with van der Waals surface area (Å²) in [5.41, 5.74) is 0.117. The highest BCUT2D eigenvalue weighted by Gasteiger charge is 2.32. The maximum Gasteiger partial charge on any atom is 0.338 e. The molecule has 2 atom stereocenters. The fourth-order valence-electron chi connectivity index (χ4n) is 3.18. The number of piperidine rings is 1. The first-order valence-corrected chi connectivity index (χ1v) is 10.9. The molecule has 0 aromatic heterocycles. The number of ether oxygens (including phenoxy) is 1. The molecule has 27 heavy (non-hydrogen) atoms. The van der Waals surface area contributed by atoms with Crippen molar-refractivity contribution >= 4 is 21.9 Å². The molecule has 7 nitrogen and oxygen atoms in total. The van der Waals surface area contributed by atoms with Crippen molar-refractivity contribution in [1.82, 2.24) is 9.62 Å². The molecule has 0 spiro atoms. The highest BCUT2D eigenvalue weighted by molar-refractivity contribution is 7.89. The zero-order valence-electron chi connectivity index (χ0n) is 15.7. The predicted octanol–water partition coefficient (Wildman–Crippen LogP) is 2.07. The molecule has 1 amide bonds. The Morgan fingerprint density at radius 2 is 1.96 bits per heavy atom. The SMILES string of the molecule is C[C@H](OC(=O)c1cccc(S(=O)(=O)N2CCCC[C@H]2C)c1)C(=O)NC1CC1. The van der Waals surface area contributed by atoms with Crippen molar-refractivity contribution in [2.45, 2.75) is 69.0 Å². The van der Waals surface area contributed by atoms with Gasteiger partial charge in [-0.25, -0.2) is 13.2 Å². The zero-order valence-corrected chi connectivity index (χ0v) is 16.5. The maximum absolute atomic E-state index is 12.9. The molecule has 1 saturated heterocycles. The summed E-state index contributed by atoms with van der Waals surface area (Å²) in [5.74, 6) is -1.05. The summed E-state index contributed by atoms with van der Waals surface area (Å²) in [6.45, 7) is 3.89. The van der Waals surface area contributed by atoms with Gasteiger partial charge in [0.15, 0.2) is 6.10 Å².